The minimum absolute atomic E-state index is 0.0701. The molecule has 0 aromatic heterocycles. The average molecular weight is 655 g/mol. The fraction of sp³-hybridized carbons (Fsp3) is 0.919. The summed E-state index contributed by atoms with van der Waals surface area (Å²) in [6, 6.07) is 0. The summed E-state index contributed by atoms with van der Waals surface area (Å²) < 4.78 is 17.4. The lowest BCUT2D eigenvalue weighted by Gasteiger charge is -2.24. The Hall–Kier alpha value is -1.07. The zero-order valence-corrected chi connectivity index (χ0v) is 28.8. The molecular weight excluding hydrogens is 588 g/mol. The van der Waals surface area contributed by atoms with Crippen molar-refractivity contribution in [2.24, 2.45) is 0 Å². The van der Waals surface area contributed by atoms with Crippen LogP contribution in [0.15, 0.2) is 11.6 Å². The van der Waals surface area contributed by atoms with E-state index in [0.29, 0.717) is 44.9 Å². The van der Waals surface area contributed by atoms with Crippen LogP contribution >= 0.6 is 0 Å². The molecule has 0 radical (unpaired) electrons. The van der Waals surface area contributed by atoms with Crippen molar-refractivity contribution < 1.29 is 44.5 Å². The van der Waals surface area contributed by atoms with Gasteiger partial charge in [-0.15, -0.1) is 0 Å². The number of unbranched alkanes of at least 4 members (excludes halogenated alkanes) is 11. The number of cyclic esters (lactones) is 1. The molecule has 0 aromatic carbocycles. The number of carbonyl (C=O) groups is 1. The SMILES string of the molecule is CCCCC[C@H](O)[C@@H](O)CCC[C@@H](O)[C@@H]1CCC(C2CC(O)[C@H]([C@@H](O)CCCCCCCCCCCCC3=CC(C)OC3=O)O2)O1. The van der Waals surface area contributed by atoms with Crippen molar-refractivity contribution in [2.75, 3.05) is 0 Å². The number of ether oxygens (including phenoxy) is 3. The van der Waals surface area contributed by atoms with Crippen LogP contribution in [0.5, 0.6) is 0 Å². The van der Waals surface area contributed by atoms with Gasteiger partial charge in [-0.25, -0.2) is 4.79 Å². The summed E-state index contributed by atoms with van der Waals surface area (Å²) in [6.07, 6.45) is 17.0. The van der Waals surface area contributed by atoms with E-state index in [2.05, 4.69) is 6.92 Å². The average Bonchev–Trinajstić information content (AvgIpc) is 3.75. The number of hydrogen-bond acceptors (Lipinski definition) is 9. The first-order chi connectivity index (χ1) is 22.2. The van der Waals surface area contributed by atoms with E-state index in [1.165, 1.54) is 32.1 Å². The van der Waals surface area contributed by atoms with Crippen molar-refractivity contribution in [3.05, 3.63) is 11.6 Å². The van der Waals surface area contributed by atoms with Gasteiger partial charge in [0.25, 0.3) is 0 Å². The fourth-order valence-electron chi connectivity index (χ4n) is 7.33. The zero-order valence-electron chi connectivity index (χ0n) is 28.8. The van der Waals surface area contributed by atoms with Crippen molar-refractivity contribution in [3.63, 3.8) is 0 Å². The van der Waals surface area contributed by atoms with Gasteiger partial charge in [-0.2, -0.15) is 0 Å². The second-order valence-electron chi connectivity index (χ2n) is 14.3. The van der Waals surface area contributed by atoms with E-state index < -0.39 is 36.6 Å². The van der Waals surface area contributed by atoms with Crippen LogP contribution in [0, 0.1) is 0 Å². The third-order valence-electron chi connectivity index (χ3n) is 10.2. The monoisotopic (exact) mass is 654 g/mol. The van der Waals surface area contributed by atoms with Crippen LogP contribution in [0.2, 0.25) is 0 Å². The molecule has 3 heterocycles. The Morgan fingerprint density at radius 2 is 1.30 bits per heavy atom. The molecule has 0 aromatic rings. The molecule has 3 aliphatic heterocycles. The number of aliphatic hydroxyl groups is 5. The molecule has 0 saturated carbocycles. The minimum Gasteiger partial charge on any atom is -0.455 e. The summed E-state index contributed by atoms with van der Waals surface area (Å²) in [5.74, 6) is -0.141. The van der Waals surface area contributed by atoms with E-state index in [0.717, 1.165) is 69.8 Å². The summed E-state index contributed by atoms with van der Waals surface area (Å²) in [7, 11) is 0. The van der Waals surface area contributed by atoms with Gasteiger partial charge in [0, 0.05) is 12.0 Å². The molecule has 0 aliphatic carbocycles. The Bertz CT molecular complexity index is 866. The van der Waals surface area contributed by atoms with E-state index in [1.807, 2.05) is 13.0 Å². The van der Waals surface area contributed by atoms with Crippen LogP contribution in [0.25, 0.3) is 0 Å². The summed E-state index contributed by atoms with van der Waals surface area (Å²) in [4.78, 5) is 11.6. The van der Waals surface area contributed by atoms with Gasteiger partial charge >= 0.3 is 5.97 Å². The van der Waals surface area contributed by atoms with Gasteiger partial charge in [-0.3, -0.25) is 0 Å². The van der Waals surface area contributed by atoms with E-state index in [4.69, 9.17) is 14.2 Å². The highest BCUT2D eigenvalue weighted by Crippen LogP contribution is 2.35. The predicted molar refractivity (Wildman–Crippen MR) is 178 cm³/mol. The Kier molecular flexibility index (Phi) is 18.7. The van der Waals surface area contributed by atoms with Gasteiger partial charge in [0.2, 0.25) is 0 Å². The molecule has 10 atom stereocenters. The molecule has 2 saturated heterocycles. The molecule has 4 unspecified atom stereocenters. The first-order valence-electron chi connectivity index (χ1n) is 18.8. The Morgan fingerprint density at radius 3 is 1.93 bits per heavy atom. The molecule has 0 bridgehead atoms. The standard InChI is InChI=1S/C37H66O9/c1-3-4-13-18-28(38)29(39)20-16-21-30(40)33-22-23-34(45-33)35-25-32(42)36(46-35)31(41)19-15-12-10-8-6-5-7-9-11-14-17-27-24-26(2)44-37(27)43/h24,26,28-36,38-42H,3-23,25H2,1-2H3/t26?,28-,29-,30+,31-,32?,33-,34?,35?,36-/m0/s1. The highest BCUT2D eigenvalue weighted by Gasteiger charge is 2.45. The Labute approximate surface area is 278 Å². The molecule has 268 valence electrons. The lowest BCUT2D eigenvalue weighted by Crippen LogP contribution is -2.35. The van der Waals surface area contributed by atoms with Gasteiger partial charge in [-0.05, 0) is 70.8 Å². The van der Waals surface area contributed by atoms with Crippen LogP contribution < -0.4 is 0 Å². The zero-order chi connectivity index (χ0) is 33.3. The van der Waals surface area contributed by atoms with E-state index in [1.54, 1.807) is 0 Å². The summed E-state index contributed by atoms with van der Waals surface area (Å²) >= 11 is 0. The largest absolute Gasteiger partial charge is 0.455 e. The van der Waals surface area contributed by atoms with Crippen LogP contribution in [-0.4, -0.2) is 92.5 Å². The maximum Gasteiger partial charge on any atom is 0.334 e. The van der Waals surface area contributed by atoms with E-state index in [-0.39, 0.29) is 30.4 Å². The van der Waals surface area contributed by atoms with Crippen LogP contribution in [0.4, 0.5) is 0 Å². The van der Waals surface area contributed by atoms with Gasteiger partial charge in [0.15, 0.2) is 0 Å². The predicted octanol–water partition coefficient (Wildman–Crippen LogP) is 5.80. The molecule has 5 N–H and O–H groups in total. The van der Waals surface area contributed by atoms with Gasteiger partial charge in [-0.1, -0.05) is 84.0 Å². The number of esters is 1. The molecule has 9 heteroatoms. The molecule has 9 nitrogen and oxygen atoms in total. The minimum atomic E-state index is -0.760. The Balaban J connectivity index is 1.18. The first kappa shape index (κ1) is 39.4. The van der Waals surface area contributed by atoms with Crippen LogP contribution in [0.3, 0.4) is 0 Å². The maximum absolute atomic E-state index is 11.6. The molecule has 0 amide bonds. The molecular formula is C37H66O9. The quantitative estimate of drug-likeness (QED) is 0.0609. The lowest BCUT2D eigenvalue weighted by atomic mass is 9.98. The maximum atomic E-state index is 11.6. The number of hydrogen-bond donors (Lipinski definition) is 5. The smallest absolute Gasteiger partial charge is 0.334 e. The molecule has 3 rings (SSSR count). The number of aliphatic hydroxyl groups excluding tert-OH is 5. The number of carbonyl (C=O) groups excluding carboxylic acids is 1. The first-order valence-corrected chi connectivity index (χ1v) is 18.8. The van der Waals surface area contributed by atoms with Gasteiger partial charge in [0.1, 0.15) is 12.2 Å². The van der Waals surface area contributed by atoms with Crippen molar-refractivity contribution in [3.8, 4) is 0 Å². The highest BCUT2D eigenvalue weighted by atomic mass is 16.6. The number of rotatable bonds is 25. The third-order valence-corrected chi connectivity index (χ3v) is 10.2. The van der Waals surface area contributed by atoms with E-state index in [9.17, 15) is 30.3 Å². The van der Waals surface area contributed by atoms with Crippen LogP contribution in [-0.2, 0) is 19.0 Å². The Morgan fingerprint density at radius 1 is 0.717 bits per heavy atom. The summed E-state index contributed by atoms with van der Waals surface area (Å²) in [5, 5.41) is 52.4. The second kappa shape index (κ2) is 21.8. The van der Waals surface area contributed by atoms with Gasteiger partial charge in [0.05, 0.1) is 48.8 Å². The molecule has 46 heavy (non-hydrogen) atoms. The third kappa shape index (κ3) is 13.8. The van der Waals surface area contributed by atoms with Crippen molar-refractivity contribution in [1.29, 1.82) is 0 Å². The molecule has 0 spiro atoms. The fourth-order valence-corrected chi connectivity index (χ4v) is 7.33. The van der Waals surface area contributed by atoms with Crippen molar-refractivity contribution in [1.82, 2.24) is 0 Å². The molecule has 2 fully saturated rings. The lowest BCUT2D eigenvalue weighted by molar-refractivity contribution is -0.139. The summed E-state index contributed by atoms with van der Waals surface area (Å²) in [6.45, 7) is 4.01. The highest BCUT2D eigenvalue weighted by molar-refractivity contribution is 5.90. The normalized spacial score (nSPS) is 29.1. The van der Waals surface area contributed by atoms with Crippen LogP contribution in [0.1, 0.15) is 155 Å². The van der Waals surface area contributed by atoms with E-state index >= 15 is 0 Å². The topological polar surface area (TPSA) is 146 Å². The second-order valence-corrected chi connectivity index (χ2v) is 14.3. The van der Waals surface area contributed by atoms with Crippen molar-refractivity contribution >= 4 is 5.97 Å². The summed E-state index contributed by atoms with van der Waals surface area (Å²) in [5.41, 5.74) is 0.843. The molecule has 3 aliphatic rings. The van der Waals surface area contributed by atoms with Crippen molar-refractivity contribution in [2.45, 2.75) is 216 Å². The van der Waals surface area contributed by atoms with Gasteiger partial charge < -0.3 is 39.7 Å².